The molecule has 0 saturated carbocycles. The molecule has 0 bridgehead atoms. The van der Waals surface area contributed by atoms with Crippen LogP contribution < -0.4 is 0 Å². The molecule has 0 aromatic heterocycles. The van der Waals surface area contributed by atoms with Crippen LogP contribution >= 0.6 is 0 Å². The SMILES string of the molecule is CCOC(=O)C(CC)CCC(=O)OC(C)(C)C. The van der Waals surface area contributed by atoms with Crippen molar-refractivity contribution < 1.29 is 19.1 Å². The lowest BCUT2D eigenvalue weighted by Gasteiger charge is -2.20. The third-order valence-electron chi connectivity index (χ3n) is 2.23. The molecule has 0 spiro atoms. The van der Waals surface area contributed by atoms with E-state index in [0.29, 0.717) is 19.4 Å². The molecule has 0 saturated heterocycles. The lowest BCUT2D eigenvalue weighted by Crippen LogP contribution is -2.25. The molecule has 0 fully saturated rings. The Morgan fingerprint density at radius 3 is 2.18 bits per heavy atom. The molecule has 0 aliphatic heterocycles. The van der Waals surface area contributed by atoms with Crippen molar-refractivity contribution in [2.75, 3.05) is 6.61 Å². The molecule has 0 aliphatic carbocycles. The van der Waals surface area contributed by atoms with Crippen LogP contribution in [0.2, 0.25) is 0 Å². The standard InChI is InChI=1S/C13H24O4/c1-6-10(12(15)16-7-2)8-9-11(14)17-13(3,4)5/h10H,6-9H2,1-5H3. The maximum atomic E-state index is 11.5. The highest BCUT2D eigenvalue weighted by molar-refractivity contribution is 5.74. The third-order valence-corrected chi connectivity index (χ3v) is 2.23. The van der Waals surface area contributed by atoms with Gasteiger partial charge in [0.05, 0.1) is 12.5 Å². The topological polar surface area (TPSA) is 52.6 Å². The zero-order valence-electron chi connectivity index (χ0n) is 11.5. The van der Waals surface area contributed by atoms with Crippen molar-refractivity contribution in [1.82, 2.24) is 0 Å². The molecular formula is C13H24O4. The molecule has 17 heavy (non-hydrogen) atoms. The highest BCUT2D eigenvalue weighted by Crippen LogP contribution is 2.16. The number of rotatable bonds is 6. The van der Waals surface area contributed by atoms with Crippen LogP contribution in [0.5, 0.6) is 0 Å². The second kappa shape index (κ2) is 7.30. The number of ether oxygens (including phenoxy) is 2. The van der Waals surface area contributed by atoms with Crippen molar-refractivity contribution in [3.05, 3.63) is 0 Å². The summed E-state index contributed by atoms with van der Waals surface area (Å²) in [6.07, 6.45) is 1.43. The summed E-state index contributed by atoms with van der Waals surface area (Å²) in [6, 6.07) is 0. The first kappa shape index (κ1) is 15.9. The van der Waals surface area contributed by atoms with E-state index in [9.17, 15) is 9.59 Å². The van der Waals surface area contributed by atoms with Gasteiger partial charge in [-0.15, -0.1) is 0 Å². The number of carbonyl (C=O) groups is 2. The third kappa shape index (κ3) is 7.77. The van der Waals surface area contributed by atoms with Gasteiger partial charge in [0.1, 0.15) is 5.60 Å². The predicted octanol–water partition coefficient (Wildman–Crippen LogP) is 2.70. The van der Waals surface area contributed by atoms with Gasteiger partial charge in [0.15, 0.2) is 0 Å². The fourth-order valence-electron chi connectivity index (χ4n) is 1.43. The van der Waals surface area contributed by atoms with Gasteiger partial charge < -0.3 is 9.47 Å². The first-order valence-electron chi connectivity index (χ1n) is 6.18. The van der Waals surface area contributed by atoms with Gasteiger partial charge in [0.25, 0.3) is 0 Å². The van der Waals surface area contributed by atoms with Gasteiger partial charge in [-0.3, -0.25) is 9.59 Å². The second-order valence-corrected chi connectivity index (χ2v) is 4.98. The van der Waals surface area contributed by atoms with E-state index in [1.54, 1.807) is 6.92 Å². The molecule has 0 aliphatic rings. The minimum atomic E-state index is -0.470. The molecule has 0 aromatic carbocycles. The van der Waals surface area contributed by atoms with Crippen LogP contribution in [0.1, 0.15) is 53.9 Å². The summed E-state index contributed by atoms with van der Waals surface area (Å²) in [7, 11) is 0. The fourth-order valence-corrected chi connectivity index (χ4v) is 1.43. The summed E-state index contributed by atoms with van der Waals surface area (Å²) in [5.41, 5.74) is -0.470. The molecule has 1 unspecified atom stereocenters. The van der Waals surface area contributed by atoms with E-state index in [-0.39, 0.29) is 24.3 Å². The summed E-state index contributed by atoms with van der Waals surface area (Å²) in [5, 5.41) is 0. The van der Waals surface area contributed by atoms with E-state index in [4.69, 9.17) is 9.47 Å². The quantitative estimate of drug-likeness (QED) is 0.674. The summed E-state index contributed by atoms with van der Waals surface area (Å²) in [5.74, 6) is -0.693. The summed E-state index contributed by atoms with van der Waals surface area (Å²) < 4.78 is 10.1. The van der Waals surface area contributed by atoms with Gasteiger partial charge in [-0.1, -0.05) is 6.92 Å². The highest BCUT2D eigenvalue weighted by Gasteiger charge is 2.21. The maximum absolute atomic E-state index is 11.5. The van der Waals surface area contributed by atoms with Gasteiger partial charge in [-0.05, 0) is 40.5 Å². The summed E-state index contributed by atoms with van der Waals surface area (Å²) in [6.45, 7) is 9.55. The smallest absolute Gasteiger partial charge is 0.308 e. The Bertz CT molecular complexity index is 253. The van der Waals surface area contributed by atoms with Crippen LogP contribution in [-0.2, 0) is 19.1 Å². The molecule has 4 nitrogen and oxygen atoms in total. The average Bonchev–Trinajstić information content (AvgIpc) is 2.16. The van der Waals surface area contributed by atoms with E-state index in [0.717, 1.165) is 0 Å². The lowest BCUT2D eigenvalue weighted by atomic mass is 10.0. The van der Waals surface area contributed by atoms with Crippen LogP contribution in [0.15, 0.2) is 0 Å². The zero-order valence-corrected chi connectivity index (χ0v) is 11.5. The molecule has 0 rings (SSSR count). The van der Waals surface area contributed by atoms with E-state index in [1.807, 2.05) is 27.7 Å². The van der Waals surface area contributed by atoms with Crippen LogP contribution in [0.25, 0.3) is 0 Å². The van der Waals surface area contributed by atoms with E-state index < -0.39 is 5.60 Å². The van der Waals surface area contributed by atoms with Crippen molar-refractivity contribution in [2.24, 2.45) is 5.92 Å². The largest absolute Gasteiger partial charge is 0.466 e. The van der Waals surface area contributed by atoms with Gasteiger partial charge in [0, 0.05) is 6.42 Å². The second-order valence-electron chi connectivity index (χ2n) is 4.98. The van der Waals surface area contributed by atoms with Gasteiger partial charge >= 0.3 is 11.9 Å². The first-order chi connectivity index (χ1) is 7.80. The molecule has 0 radical (unpaired) electrons. The Morgan fingerprint density at radius 2 is 1.76 bits per heavy atom. The van der Waals surface area contributed by atoms with E-state index >= 15 is 0 Å². The van der Waals surface area contributed by atoms with Crippen LogP contribution in [0, 0.1) is 5.92 Å². The van der Waals surface area contributed by atoms with Crippen LogP contribution in [0.4, 0.5) is 0 Å². The van der Waals surface area contributed by atoms with Gasteiger partial charge in [-0.2, -0.15) is 0 Å². The Morgan fingerprint density at radius 1 is 1.18 bits per heavy atom. The van der Waals surface area contributed by atoms with Crippen LogP contribution in [-0.4, -0.2) is 24.1 Å². The molecular weight excluding hydrogens is 220 g/mol. The summed E-state index contributed by atoms with van der Waals surface area (Å²) >= 11 is 0. The van der Waals surface area contributed by atoms with Crippen molar-refractivity contribution in [1.29, 1.82) is 0 Å². The lowest BCUT2D eigenvalue weighted by molar-refractivity contribution is -0.155. The average molecular weight is 244 g/mol. The maximum Gasteiger partial charge on any atom is 0.308 e. The molecule has 0 heterocycles. The fraction of sp³-hybridized carbons (Fsp3) is 0.846. The monoisotopic (exact) mass is 244 g/mol. The number of hydrogen-bond donors (Lipinski definition) is 0. The molecule has 0 aromatic rings. The van der Waals surface area contributed by atoms with Crippen molar-refractivity contribution in [3.63, 3.8) is 0 Å². The van der Waals surface area contributed by atoms with E-state index in [1.165, 1.54) is 0 Å². The number of esters is 2. The Kier molecular flexibility index (Phi) is 6.85. The molecule has 100 valence electrons. The number of hydrogen-bond acceptors (Lipinski definition) is 4. The molecule has 0 N–H and O–H groups in total. The Balaban J connectivity index is 4.07. The predicted molar refractivity (Wildman–Crippen MR) is 65.5 cm³/mol. The number of carbonyl (C=O) groups excluding carboxylic acids is 2. The first-order valence-corrected chi connectivity index (χ1v) is 6.18. The van der Waals surface area contributed by atoms with Crippen LogP contribution in [0.3, 0.4) is 0 Å². The molecule has 4 heteroatoms. The molecule has 1 atom stereocenters. The minimum Gasteiger partial charge on any atom is -0.466 e. The Labute approximate surface area is 104 Å². The Hall–Kier alpha value is -1.06. The highest BCUT2D eigenvalue weighted by atomic mass is 16.6. The summed E-state index contributed by atoms with van der Waals surface area (Å²) in [4.78, 5) is 23.0. The minimum absolute atomic E-state index is 0.206. The van der Waals surface area contributed by atoms with Crippen molar-refractivity contribution in [2.45, 2.75) is 59.5 Å². The molecule has 0 amide bonds. The van der Waals surface area contributed by atoms with Crippen molar-refractivity contribution >= 4 is 11.9 Å². The van der Waals surface area contributed by atoms with Gasteiger partial charge in [-0.25, -0.2) is 0 Å². The van der Waals surface area contributed by atoms with Gasteiger partial charge in [0.2, 0.25) is 0 Å². The zero-order chi connectivity index (χ0) is 13.5. The normalized spacial score (nSPS) is 13.0. The van der Waals surface area contributed by atoms with E-state index in [2.05, 4.69) is 0 Å². The van der Waals surface area contributed by atoms with Crippen molar-refractivity contribution in [3.8, 4) is 0 Å².